The van der Waals surface area contributed by atoms with Gasteiger partial charge in [0.05, 0.1) is 0 Å². The van der Waals surface area contributed by atoms with Gasteiger partial charge in [0, 0.05) is 0 Å². The Morgan fingerprint density at radius 3 is 1.67 bits per heavy atom. The maximum atomic E-state index is 12.7. The molecule has 0 N–H and O–H groups in total. The summed E-state index contributed by atoms with van der Waals surface area (Å²) in [7, 11) is 1.86. The molecule has 1 aliphatic rings. The number of likely N-dealkylation sites (N-methyl/N-ethyl adjacent to an activating group) is 1. The van der Waals surface area contributed by atoms with E-state index in [1.807, 2.05) is 60.5 Å². The summed E-state index contributed by atoms with van der Waals surface area (Å²) in [6, 6.07) is 20.3. The second kappa shape index (κ2) is 17.0. The van der Waals surface area contributed by atoms with Crippen molar-refractivity contribution in [2.24, 2.45) is 0 Å². The van der Waals surface area contributed by atoms with Gasteiger partial charge in [-0.2, -0.15) is 0 Å². The van der Waals surface area contributed by atoms with Crippen molar-refractivity contribution in [2.45, 2.75) is 19.0 Å². The van der Waals surface area contributed by atoms with Crippen molar-refractivity contribution in [3.8, 4) is 0 Å². The zero-order valence-electron chi connectivity index (χ0n) is 16.3. The van der Waals surface area contributed by atoms with E-state index in [0.717, 1.165) is 15.6 Å². The molecule has 30 heavy (non-hydrogen) atoms. The molecule has 0 spiro atoms. The van der Waals surface area contributed by atoms with Gasteiger partial charge in [0.1, 0.15) is 0 Å². The third-order valence-electron chi connectivity index (χ3n) is 4.23. The van der Waals surface area contributed by atoms with Crippen LogP contribution in [0.4, 0.5) is 4.79 Å². The van der Waals surface area contributed by atoms with Crippen LogP contribution in [-0.2, 0) is 34.5 Å². The Morgan fingerprint density at radius 1 is 0.833 bits per heavy atom. The molecule has 0 bridgehead atoms. The van der Waals surface area contributed by atoms with E-state index in [-0.39, 0.29) is 18.1 Å². The molecule has 152 valence electrons. The maximum absolute atomic E-state index is 12.7. The van der Waals surface area contributed by atoms with Gasteiger partial charge in [-0.1, -0.05) is 0 Å². The van der Waals surface area contributed by atoms with Crippen molar-refractivity contribution in [2.75, 3.05) is 7.05 Å². The Morgan fingerprint density at radius 2 is 1.23 bits per heavy atom. The number of hydrogen-bond acceptors (Lipinski definition) is 1. The van der Waals surface area contributed by atoms with Crippen molar-refractivity contribution in [3.05, 3.63) is 98.4 Å². The molecule has 3 rings (SSSR count). The fourth-order valence-electron chi connectivity index (χ4n) is 2.90. The van der Waals surface area contributed by atoms with Gasteiger partial charge in [0.25, 0.3) is 0 Å². The van der Waals surface area contributed by atoms with Crippen LogP contribution in [0.2, 0.25) is 0 Å². The van der Waals surface area contributed by atoms with E-state index >= 15 is 0 Å². The second-order valence-corrected chi connectivity index (χ2v) is 6.13. The van der Waals surface area contributed by atoms with Gasteiger partial charge >= 0.3 is 184 Å². The molecular weight excluding hydrogens is 424 g/mol. The van der Waals surface area contributed by atoms with Crippen LogP contribution in [0.25, 0.3) is 0 Å². The molecular formula is C22H18CrN2O5. The number of hydrogen-bond donors (Lipinski definition) is 0. The summed E-state index contributed by atoms with van der Waals surface area (Å²) in [5.41, 5.74) is 2.18. The van der Waals surface area contributed by atoms with Crippen LogP contribution in [0.15, 0.2) is 60.7 Å². The Balaban J connectivity index is 0. The van der Waals surface area contributed by atoms with Crippen molar-refractivity contribution in [3.63, 3.8) is 0 Å². The standard InChI is InChI=1S/C18H18N2O.4CO.Cr/c1-14-17(16-11-7-4-8-12-16)20(18(21)19(14)2)13-15-9-5-3-6-10-15;4*1-2;/h3-12,14,17H,1-2H3;;;;;/t14-,17-;;;;;/m0...../s1. The number of amides is 2. The van der Waals surface area contributed by atoms with E-state index < -0.39 is 0 Å². The molecule has 2 amide bonds. The first-order valence-corrected chi connectivity index (χ1v) is 8.77. The van der Waals surface area contributed by atoms with Gasteiger partial charge in [-0.05, 0) is 0 Å². The topological polar surface area (TPSA) is 103 Å². The molecule has 1 fully saturated rings. The molecule has 2 atom stereocenters. The van der Waals surface area contributed by atoms with Crippen molar-refractivity contribution < 1.29 is 39.3 Å². The zero-order valence-corrected chi connectivity index (χ0v) is 17.5. The van der Waals surface area contributed by atoms with Gasteiger partial charge in [-0.25, -0.2) is 0 Å². The van der Waals surface area contributed by atoms with Gasteiger partial charge in [0.15, 0.2) is 0 Å². The minimum atomic E-state index is 0.00940. The molecule has 1 aliphatic heterocycles. The Kier molecular flexibility index (Phi) is 16.6. The summed E-state index contributed by atoms with van der Waals surface area (Å²) in [4.78, 5) is 16.4. The average Bonchev–Trinajstić information content (AvgIpc) is 3.08. The van der Waals surface area contributed by atoms with E-state index in [1.54, 1.807) is 4.90 Å². The predicted octanol–water partition coefficient (Wildman–Crippen LogP) is 3.06. The number of benzene rings is 2. The van der Waals surface area contributed by atoms with Crippen molar-refractivity contribution >= 4 is 10.5 Å². The number of rotatable bonds is 3. The van der Waals surface area contributed by atoms with Crippen molar-refractivity contribution in [1.29, 1.82) is 0 Å². The van der Waals surface area contributed by atoms with E-state index in [9.17, 15) is 4.79 Å². The van der Waals surface area contributed by atoms with Crippen LogP contribution >= 0.6 is 0 Å². The van der Waals surface area contributed by atoms with Crippen LogP contribution in [0.3, 0.4) is 0 Å². The summed E-state index contributed by atoms with van der Waals surface area (Å²) < 4.78 is 30.9. The fraction of sp³-hybridized carbons (Fsp3) is 0.182. The Bertz CT molecular complexity index is 839. The minimum absolute atomic E-state index is 0.00940. The molecule has 0 aliphatic carbocycles. The van der Waals surface area contributed by atoms with Crippen LogP contribution in [0.5, 0.6) is 0 Å². The molecule has 0 radical (unpaired) electrons. The summed E-state index contributed by atoms with van der Waals surface area (Å²) in [5, 5.41) is 0. The number of nitrogens with zero attached hydrogens (tertiary/aromatic N) is 2. The van der Waals surface area contributed by atoms with Crippen LogP contribution in [-0.4, -0.2) is 33.4 Å². The first kappa shape index (κ1) is 29.3. The SMILES string of the molecule is C[C@H]1[C@@H](c2ccccc2)N([C](=[Cr])c2ccccc2)C(=O)N1C.[C-]#[O+].[C-]#[O+].[C-]#[O+].[C-]#[O+]. The molecule has 0 saturated carbocycles. The van der Waals surface area contributed by atoms with E-state index in [4.69, 9.17) is 18.6 Å². The Hall–Kier alpha value is -2.93. The molecule has 7 nitrogen and oxygen atoms in total. The normalized spacial score (nSPS) is 15.9. The van der Waals surface area contributed by atoms with Gasteiger partial charge in [-0.15, -0.1) is 0 Å². The Labute approximate surface area is 184 Å². The molecule has 0 aromatic heterocycles. The number of carbonyl (C=O) groups excluding carboxylic acids is 1. The molecule has 2 aromatic rings. The first-order chi connectivity index (χ1) is 14.6. The number of carbonyl (C=O) groups is 1. The van der Waals surface area contributed by atoms with Gasteiger partial charge in [0.2, 0.25) is 0 Å². The van der Waals surface area contributed by atoms with E-state index in [1.165, 1.54) is 0 Å². The third-order valence-corrected chi connectivity index (χ3v) is 4.91. The second-order valence-electron chi connectivity index (χ2n) is 5.53. The summed E-state index contributed by atoms with van der Waals surface area (Å²) in [5.74, 6) is 0. The fourth-order valence-corrected chi connectivity index (χ4v) is 3.41. The van der Waals surface area contributed by atoms with Gasteiger partial charge in [-0.3, -0.25) is 0 Å². The van der Waals surface area contributed by atoms with E-state index in [0.29, 0.717) is 0 Å². The average molecular weight is 442 g/mol. The molecule has 1 saturated heterocycles. The number of urea groups is 1. The molecule has 8 heteroatoms. The van der Waals surface area contributed by atoms with E-state index in [2.05, 4.69) is 61.5 Å². The van der Waals surface area contributed by atoms with Crippen LogP contribution < -0.4 is 0 Å². The van der Waals surface area contributed by atoms with Crippen molar-refractivity contribution in [1.82, 2.24) is 9.80 Å². The molecule has 1 heterocycles. The first-order valence-electron chi connectivity index (χ1n) is 8.13. The van der Waals surface area contributed by atoms with Crippen LogP contribution in [0, 0.1) is 26.6 Å². The predicted molar refractivity (Wildman–Crippen MR) is 99.9 cm³/mol. The third kappa shape index (κ3) is 7.15. The van der Waals surface area contributed by atoms with Gasteiger partial charge < -0.3 is 0 Å². The molecule has 2 aromatic carbocycles. The molecule has 0 unspecified atom stereocenters. The summed E-state index contributed by atoms with van der Waals surface area (Å²) >= 11 is 3.10. The monoisotopic (exact) mass is 442 g/mol. The quantitative estimate of drug-likeness (QED) is 0.529. The zero-order chi connectivity index (χ0) is 23.7. The van der Waals surface area contributed by atoms with Crippen LogP contribution in [0.1, 0.15) is 24.1 Å². The summed E-state index contributed by atoms with van der Waals surface area (Å²) in [6.45, 7) is 20.1. The summed E-state index contributed by atoms with van der Waals surface area (Å²) in [6.07, 6.45) is 0.